The molecule has 0 heterocycles. The first kappa shape index (κ1) is 24.1. The van der Waals surface area contributed by atoms with Crippen molar-refractivity contribution in [3.63, 3.8) is 0 Å². The molecule has 0 atom stereocenters. The SMILES string of the molecule is CN=C(NCc1cccc(S(=O)(=O)NC)c1)NCC1(CCOC)CCC1.I. The van der Waals surface area contributed by atoms with E-state index in [4.69, 9.17) is 4.74 Å². The van der Waals surface area contributed by atoms with Gasteiger partial charge in [0.2, 0.25) is 10.0 Å². The highest BCUT2D eigenvalue weighted by Crippen LogP contribution is 2.43. The Balaban J connectivity index is 0.00000364. The molecule has 9 heteroatoms. The number of methoxy groups -OCH3 is 1. The number of ether oxygens (including phenoxy) is 1. The van der Waals surface area contributed by atoms with E-state index in [2.05, 4.69) is 20.3 Å². The van der Waals surface area contributed by atoms with Crippen molar-refractivity contribution < 1.29 is 13.2 Å². The van der Waals surface area contributed by atoms with Crippen LogP contribution < -0.4 is 15.4 Å². The van der Waals surface area contributed by atoms with Gasteiger partial charge in [0.1, 0.15) is 0 Å². The molecule has 1 fully saturated rings. The van der Waals surface area contributed by atoms with Gasteiger partial charge >= 0.3 is 0 Å². The topological polar surface area (TPSA) is 91.8 Å². The summed E-state index contributed by atoms with van der Waals surface area (Å²) in [4.78, 5) is 4.52. The van der Waals surface area contributed by atoms with Crippen LogP contribution in [0.5, 0.6) is 0 Å². The third-order valence-electron chi connectivity index (χ3n) is 5.04. The van der Waals surface area contributed by atoms with Gasteiger partial charge in [0.15, 0.2) is 5.96 Å². The number of rotatable bonds is 9. The molecule has 1 aliphatic rings. The summed E-state index contributed by atoms with van der Waals surface area (Å²) in [5, 5.41) is 6.65. The molecule has 0 unspecified atom stereocenters. The molecule has 0 aromatic heterocycles. The fraction of sp³-hybridized carbons (Fsp3) is 0.611. The largest absolute Gasteiger partial charge is 0.385 e. The zero-order valence-electron chi connectivity index (χ0n) is 16.2. The maximum Gasteiger partial charge on any atom is 0.240 e. The van der Waals surface area contributed by atoms with Crippen molar-refractivity contribution in [2.24, 2.45) is 10.4 Å². The normalized spacial score (nSPS) is 16.2. The monoisotopic (exact) mass is 510 g/mol. The standard InChI is InChI=1S/C18H30N4O3S.HI/c1-19-17(22-14-18(8-5-9-18)10-11-25-3)21-13-15-6-4-7-16(12-15)26(23,24)20-2;/h4,6-7,12,20H,5,8-11,13-14H2,1-3H3,(H2,19,21,22);1H. The van der Waals surface area contributed by atoms with Crippen LogP contribution in [0.1, 0.15) is 31.2 Å². The molecule has 1 aromatic carbocycles. The quantitative estimate of drug-likeness (QED) is 0.269. The molecule has 0 spiro atoms. The van der Waals surface area contributed by atoms with Crippen molar-refractivity contribution in [3.8, 4) is 0 Å². The van der Waals surface area contributed by atoms with E-state index in [1.807, 2.05) is 6.07 Å². The van der Waals surface area contributed by atoms with Gasteiger partial charge in [-0.2, -0.15) is 0 Å². The Bertz CT molecular complexity index is 721. The molecular weight excluding hydrogens is 479 g/mol. The van der Waals surface area contributed by atoms with Gasteiger partial charge < -0.3 is 15.4 Å². The van der Waals surface area contributed by atoms with E-state index >= 15 is 0 Å². The Morgan fingerprint density at radius 3 is 2.59 bits per heavy atom. The van der Waals surface area contributed by atoms with Crippen LogP contribution in [0.3, 0.4) is 0 Å². The first-order valence-electron chi connectivity index (χ1n) is 8.91. The average Bonchev–Trinajstić information content (AvgIpc) is 2.63. The lowest BCUT2D eigenvalue weighted by atomic mass is 9.67. The fourth-order valence-electron chi connectivity index (χ4n) is 3.13. The minimum atomic E-state index is -3.43. The summed E-state index contributed by atoms with van der Waals surface area (Å²) in [5.41, 5.74) is 1.18. The lowest BCUT2D eigenvalue weighted by Gasteiger charge is -2.42. The third-order valence-corrected chi connectivity index (χ3v) is 6.45. The van der Waals surface area contributed by atoms with Gasteiger partial charge in [-0.15, -0.1) is 24.0 Å². The van der Waals surface area contributed by atoms with Crippen molar-refractivity contribution in [3.05, 3.63) is 29.8 Å². The van der Waals surface area contributed by atoms with Crippen LogP contribution in [-0.2, 0) is 21.3 Å². The lowest BCUT2D eigenvalue weighted by Crippen LogP contribution is -2.46. The summed E-state index contributed by atoms with van der Waals surface area (Å²) in [7, 11) is 1.45. The highest BCUT2D eigenvalue weighted by molar-refractivity contribution is 14.0. The summed E-state index contributed by atoms with van der Waals surface area (Å²) >= 11 is 0. The zero-order valence-corrected chi connectivity index (χ0v) is 19.4. The number of nitrogens with zero attached hydrogens (tertiary/aromatic N) is 1. The Morgan fingerprint density at radius 2 is 2.04 bits per heavy atom. The van der Waals surface area contributed by atoms with Crippen molar-refractivity contribution in [2.75, 3.05) is 34.4 Å². The number of nitrogens with one attached hydrogen (secondary N) is 3. The van der Waals surface area contributed by atoms with Gasteiger partial charge in [0.05, 0.1) is 4.90 Å². The molecule has 0 aliphatic heterocycles. The highest BCUT2D eigenvalue weighted by atomic mass is 127. The first-order chi connectivity index (χ1) is 12.4. The smallest absolute Gasteiger partial charge is 0.240 e. The molecule has 1 saturated carbocycles. The van der Waals surface area contributed by atoms with Crippen LogP contribution in [-0.4, -0.2) is 48.7 Å². The predicted molar refractivity (Wildman–Crippen MR) is 119 cm³/mol. The molecule has 1 aromatic rings. The highest BCUT2D eigenvalue weighted by Gasteiger charge is 2.36. The van der Waals surface area contributed by atoms with E-state index in [1.165, 1.54) is 26.3 Å². The number of sulfonamides is 1. The van der Waals surface area contributed by atoms with Crippen LogP contribution in [0.25, 0.3) is 0 Å². The molecule has 154 valence electrons. The van der Waals surface area contributed by atoms with E-state index in [0.29, 0.717) is 12.0 Å². The second-order valence-corrected chi connectivity index (χ2v) is 8.62. The molecule has 27 heavy (non-hydrogen) atoms. The number of hydrogen-bond acceptors (Lipinski definition) is 4. The van der Waals surface area contributed by atoms with E-state index in [0.717, 1.165) is 31.1 Å². The molecule has 1 aliphatic carbocycles. The van der Waals surface area contributed by atoms with Crippen molar-refractivity contribution in [1.29, 1.82) is 0 Å². The summed E-state index contributed by atoms with van der Waals surface area (Å²) in [6.07, 6.45) is 4.75. The van der Waals surface area contributed by atoms with E-state index in [1.54, 1.807) is 32.4 Å². The number of guanidine groups is 1. The van der Waals surface area contributed by atoms with E-state index < -0.39 is 10.0 Å². The zero-order chi connectivity index (χ0) is 19.0. The Hall–Kier alpha value is -0.910. The number of halogens is 1. The van der Waals surface area contributed by atoms with Crippen LogP contribution in [0.2, 0.25) is 0 Å². The predicted octanol–water partition coefficient (Wildman–Crippen LogP) is 2.08. The van der Waals surface area contributed by atoms with Gasteiger partial charge in [-0.25, -0.2) is 13.1 Å². The Kier molecular flexibility index (Phi) is 9.99. The number of benzene rings is 1. The van der Waals surface area contributed by atoms with Gasteiger partial charge in [0, 0.05) is 33.9 Å². The maximum absolute atomic E-state index is 11.9. The van der Waals surface area contributed by atoms with Gasteiger partial charge in [-0.3, -0.25) is 4.99 Å². The van der Waals surface area contributed by atoms with E-state index in [-0.39, 0.29) is 28.9 Å². The van der Waals surface area contributed by atoms with Crippen LogP contribution in [0, 0.1) is 5.41 Å². The Labute approximate surface area is 179 Å². The summed E-state index contributed by atoms with van der Waals surface area (Å²) in [5.74, 6) is 0.718. The van der Waals surface area contributed by atoms with Crippen LogP contribution in [0.4, 0.5) is 0 Å². The molecule has 0 amide bonds. The first-order valence-corrected chi connectivity index (χ1v) is 10.4. The van der Waals surface area contributed by atoms with Crippen molar-refractivity contribution >= 4 is 40.0 Å². The second-order valence-electron chi connectivity index (χ2n) is 6.73. The molecule has 0 radical (unpaired) electrons. The van der Waals surface area contributed by atoms with Crippen LogP contribution >= 0.6 is 24.0 Å². The number of hydrogen-bond donors (Lipinski definition) is 3. The second kappa shape index (κ2) is 11.2. The van der Waals surface area contributed by atoms with Gasteiger partial charge in [-0.1, -0.05) is 18.6 Å². The molecule has 0 bridgehead atoms. The lowest BCUT2D eigenvalue weighted by molar-refractivity contribution is 0.0732. The van der Waals surface area contributed by atoms with Gasteiger partial charge in [-0.05, 0) is 49.4 Å². The average molecular weight is 510 g/mol. The minimum Gasteiger partial charge on any atom is -0.385 e. The Morgan fingerprint density at radius 1 is 1.30 bits per heavy atom. The summed E-state index contributed by atoms with van der Waals surface area (Å²) in [6.45, 7) is 2.14. The van der Waals surface area contributed by atoms with Crippen molar-refractivity contribution in [2.45, 2.75) is 37.1 Å². The van der Waals surface area contributed by atoms with Crippen LogP contribution in [0.15, 0.2) is 34.2 Å². The molecular formula is C18H31IN4O3S. The van der Waals surface area contributed by atoms with Crippen molar-refractivity contribution in [1.82, 2.24) is 15.4 Å². The summed E-state index contributed by atoms with van der Waals surface area (Å²) < 4.78 is 31.4. The number of aliphatic imine (C=N–C) groups is 1. The molecule has 7 nitrogen and oxygen atoms in total. The minimum absolute atomic E-state index is 0. The fourth-order valence-corrected chi connectivity index (χ4v) is 3.93. The molecule has 3 N–H and O–H groups in total. The third kappa shape index (κ3) is 6.88. The molecule has 2 rings (SSSR count). The van der Waals surface area contributed by atoms with Gasteiger partial charge in [0.25, 0.3) is 0 Å². The van der Waals surface area contributed by atoms with E-state index in [9.17, 15) is 8.42 Å². The molecule has 0 saturated heterocycles. The summed E-state index contributed by atoms with van der Waals surface area (Å²) in [6, 6.07) is 6.88. The maximum atomic E-state index is 11.9.